The predicted octanol–water partition coefficient (Wildman–Crippen LogP) is 0.353. The Morgan fingerprint density at radius 1 is 1.25 bits per heavy atom. The molecule has 0 spiro atoms. The van der Waals surface area contributed by atoms with Gasteiger partial charge in [0.1, 0.15) is 9.12 Å². The summed E-state index contributed by atoms with van der Waals surface area (Å²) < 4.78 is 16.4. The Morgan fingerprint density at radius 2 is 1.25 bits per heavy atom. The van der Waals surface area contributed by atoms with E-state index >= 15 is 0 Å². The predicted molar refractivity (Wildman–Crippen MR) is 9.69 cm³/mol. The van der Waals surface area contributed by atoms with Crippen LogP contribution in [0.25, 0.3) is 0 Å². The Kier molecular flexibility index (Phi) is 106. The van der Waals surface area contributed by atoms with Gasteiger partial charge < -0.3 is 0 Å². The molecule has 22 valence electrons. The van der Waals surface area contributed by atoms with Crippen LogP contribution in [0.2, 0.25) is 0 Å². The van der Waals surface area contributed by atoms with Gasteiger partial charge in [-0.25, -0.2) is 0 Å². The fourth-order valence-electron chi connectivity index (χ4n) is 0. The summed E-state index contributed by atoms with van der Waals surface area (Å²) in [6.07, 6.45) is 0. The summed E-state index contributed by atoms with van der Waals surface area (Å²) in [7, 11) is 1.72. The zero-order valence-electron chi connectivity index (χ0n) is 1.82. The first-order valence-electron chi connectivity index (χ1n) is 0.408. The van der Waals surface area contributed by atoms with Crippen molar-refractivity contribution in [1.29, 1.82) is 0 Å². The van der Waals surface area contributed by atoms with Gasteiger partial charge in [-0.15, -0.1) is 0 Å². The average Bonchev–Trinajstić information content (AvgIpc) is 1.50. The zero-order chi connectivity index (χ0) is 4.00. The van der Waals surface area contributed by atoms with E-state index in [0.29, 0.717) is 24.7 Å². The second-order valence-electron chi connectivity index (χ2n) is 0. The quantitative estimate of drug-likeness (QED) is 0.473. The summed E-state index contributed by atoms with van der Waals surface area (Å²) in [5, 5.41) is 0. The van der Waals surface area contributed by atoms with E-state index < -0.39 is 0 Å². The molecule has 0 N–H and O–H groups in total. The molecule has 0 aliphatic rings. The minimum atomic E-state index is 0.300. The van der Waals surface area contributed by atoms with Gasteiger partial charge in [-0.2, -0.15) is 0 Å². The van der Waals surface area contributed by atoms with E-state index in [4.69, 9.17) is 7.38 Å². The zero-order valence-corrected chi connectivity index (χ0v) is 5.27. The van der Waals surface area contributed by atoms with Crippen LogP contribution in [0.4, 0.5) is 0 Å². The summed E-state index contributed by atoms with van der Waals surface area (Å²) in [6, 6.07) is 0. The first-order chi connectivity index (χ1) is 2.00. The van der Waals surface area contributed by atoms with Gasteiger partial charge in [0, 0.05) is 0 Å². The van der Waals surface area contributed by atoms with Crippen molar-refractivity contribution in [1.82, 2.24) is 0 Å². The van der Waals surface area contributed by atoms with Crippen LogP contribution in [0.1, 0.15) is 0 Å². The molecule has 0 aromatic carbocycles. The fourth-order valence-corrected chi connectivity index (χ4v) is 0. The van der Waals surface area contributed by atoms with E-state index in [1.54, 1.807) is 9.12 Å². The summed E-state index contributed by atoms with van der Waals surface area (Å²) in [5.74, 6) is 0. The molecule has 0 heterocycles. The fraction of sp³-hybridized carbons (Fsp3) is 0. The average molecular weight is 155 g/mol. The summed E-state index contributed by atoms with van der Waals surface area (Å²) in [4.78, 5) is 0. The van der Waals surface area contributed by atoms with Crippen LogP contribution < -0.4 is 0 Å². The van der Waals surface area contributed by atoms with Crippen molar-refractivity contribution in [2.24, 2.45) is 0 Å². The molecule has 4 heavy (non-hydrogen) atoms. The van der Waals surface area contributed by atoms with Crippen molar-refractivity contribution in [2.45, 2.75) is 0 Å². The molecule has 0 aromatic rings. The third kappa shape index (κ3) is 14.4. The second kappa shape index (κ2) is 47.8. The molecule has 0 unspecified atom stereocenters. The standard InChI is InChI=1S/HOP.O.Zr/c1-2;;/h2H;;. The van der Waals surface area contributed by atoms with Gasteiger partial charge in [0.15, 0.2) is 0 Å². The molecule has 0 fully saturated rings. The Hall–Kier alpha value is 0.783. The molecule has 0 atom stereocenters. The third-order valence-electron chi connectivity index (χ3n) is 0. The minimum absolute atomic E-state index is 0.300. The molecular weight excluding hydrogens is 154 g/mol. The molecule has 0 aromatic heterocycles. The van der Waals surface area contributed by atoms with Gasteiger partial charge in [-0.1, -0.05) is 0 Å². The van der Waals surface area contributed by atoms with Crippen molar-refractivity contribution in [2.75, 3.05) is 0 Å². The van der Waals surface area contributed by atoms with Crippen molar-refractivity contribution >= 4 is 9.12 Å². The molecule has 0 aliphatic carbocycles. The van der Waals surface area contributed by atoms with Gasteiger partial charge in [-0.05, 0) is 0 Å². The number of hydrogen-bond donors (Lipinski definition) is 0. The molecule has 0 radical (unpaired) electrons. The Morgan fingerprint density at radius 3 is 1.25 bits per heavy atom. The Labute approximate surface area is 41.5 Å². The molecule has 0 rings (SSSR count). The molecular formula is HO2PZr. The van der Waals surface area contributed by atoms with Gasteiger partial charge in [0.05, 0.1) is 0 Å². The summed E-state index contributed by atoms with van der Waals surface area (Å²) in [5.41, 5.74) is 0. The van der Waals surface area contributed by atoms with E-state index in [0.717, 1.165) is 0 Å². The van der Waals surface area contributed by atoms with Crippen LogP contribution in [-0.2, 0) is 32.1 Å². The van der Waals surface area contributed by atoms with Crippen molar-refractivity contribution in [3.8, 4) is 0 Å². The molecule has 0 amide bonds. The van der Waals surface area contributed by atoms with E-state index in [2.05, 4.69) is 0 Å². The Bertz CT molecular complexity index is 8.00. The van der Waals surface area contributed by atoms with E-state index in [1.165, 1.54) is 0 Å². The first kappa shape index (κ1) is 8.84. The normalized spacial score (nSPS) is 1.75. The number of rotatable bonds is 0. The molecule has 2 nitrogen and oxygen atoms in total. The maximum atomic E-state index is 8.34. The second-order valence-corrected chi connectivity index (χ2v) is 0. The monoisotopic (exact) mass is 154 g/mol. The number of hydrogen-bond acceptors (Lipinski definition) is 2. The van der Waals surface area contributed by atoms with E-state index in [-0.39, 0.29) is 0 Å². The van der Waals surface area contributed by atoms with Crippen LogP contribution in [0.3, 0.4) is 0 Å². The van der Waals surface area contributed by atoms with Gasteiger partial charge in [0.25, 0.3) is 0 Å². The third-order valence-corrected chi connectivity index (χ3v) is 0. The van der Waals surface area contributed by atoms with Crippen LogP contribution in [-0.4, -0.2) is 0 Å². The van der Waals surface area contributed by atoms with Gasteiger partial charge in [0.2, 0.25) is 0 Å². The van der Waals surface area contributed by atoms with Crippen LogP contribution in [0, 0.1) is 0 Å². The maximum absolute atomic E-state index is 8.34. The van der Waals surface area contributed by atoms with E-state index in [1.807, 2.05) is 0 Å². The SMILES string of the molecule is O=P.[O]=[Zr]. The topological polar surface area (TPSA) is 34.1 Å². The molecule has 0 bridgehead atoms. The molecule has 4 heteroatoms. The summed E-state index contributed by atoms with van der Waals surface area (Å²) >= 11 is 0.300. The van der Waals surface area contributed by atoms with Crippen molar-refractivity contribution < 1.29 is 32.1 Å². The Balaban J connectivity index is 0. The van der Waals surface area contributed by atoms with Crippen molar-refractivity contribution in [3.63, 3.8) is 0 Å². The van der Waals surface area contributed by atoms with Gasteiger partial charge in [-0.3, -0.25) is 4.57 Å². The summed E-state index contributed by atoms with van der Waals surface area (Å²) in [6.45, 7) is 0. The molecule has 0 saturated carbocycles. The van der Waals surface area contributed by atoms with Crippen molar-refractivity contribution in [3.05, 3.63) is 0 Å². The van der Waals surface area contributed by atoms with Crippen LogP contribution in [0.15, 0.2) is 0 Å². The van der Waals surface area contributed by atoms with Crippen LogP contribution in [0.5, 0.6) is 0 Å². The van der Waals surface area contributed by atoms with Gasteiger partial charge >= 0.3 is 27.5 Å². The molecule has 0 aliphatic heterocycles. The van der Waals surface area contributed by atoms with E-state index in [9.17, 15) is 0 Å². The van der Waals surface area contributed by atoms with Crippen LogP contribution >= 0.6 is 9.12 Å². The first-order valence-corrected chi connectivity index (χ1v) is 1.82. The molecule has 0 saturated heterocycles.